The SMILES string of the molecule is CC(CN(C(=O)Cc1csc(Cc2ccccc2)n1)C1CC1)C(=O)O. The van der Waals surface area contributed by atoms with Crippen LogP contribution in [0, 0.1) is 5.92 Å². The number of thiazole rings is 1. The summed E-state index contributed by atoms with van der Waals surface area (Å²) < 4.78 is 0. The summed E-state index contributed by atoms with van der Waals surface area (Å²) in [5.41, 5.74) is 1.97. The van der Waals surface area contributed by atoms with Crippen molar-refractivity contribution in [3.8, 4) is 0 Å². The first-order valence-corrected chi connectivity index (χ1v) is 9.40. The molecule has 1 heterocycles. The molecule has 0 radical (unpaired) electrons. The Balaban J connectivity index is 1.61. The highest BCUT2D eigenvalue weighted by molar-refractivity contribution is 7.09. The van der Waals surface area contributed by atoms with E-state index in [1.165, 1.54) is 5.56 Å². The van der Waals surface area contributed by atoms with Gasteiger partial charge in [-0.1, -0.05) is 37.3 Å². The van der Waals surface area contributed by atoms with E-state index < -0.39 is 11.9 Å². The maximum absolute atomic E-state index is 12.6. The second-order valence-corrected chi connectivity index (χ2v) is 7.53. The molecule has 132 valence electrons. The number of benzene rings is 1. The summed E-state index contributed by atoms with van der Waals surface area (Å²) in [4.78, 5) is 30.0. The number of hydrogen-bond donors (Lipinski definition) is 1. The minimum atomic E-state index is -0.864. The Morgan fingerprint density at radius 2 is 2.04 bits per heavy atom. The molecule has 3 rings (SSSR count). The lowest BCUT2D eigenvalue weighted by Gasteiger charge is -2.24. The van der Waals surface area contributed by atoms with Gasteiger partial charge >= 0.3 is 5.97 Å². The van der Waals surface area contributed by atoms with Crippen molar-refractivity contribution in [1.29, 1.82) is 0 Å². The molecule has 1 N–H and O–H groups in total. The Labute approximate surface area is 151 Å². The Bertz CT molecular complexity index is 740. The van der Waals surface area contributed by atoms with Gasteiger partial charge in [0, 0.05) is 24.4 Å². The monoisotopic (exact) mass is 358 g/mol. The van der Waals surface area contributed by atoms with Gasteiger partial charge in [-0.05, 0) is 18.4 Å². The third-order valence-electron chi connectivity index (χ3n) is 4.33. The number of aromatic nitrogens is 1. The molecule has 6 heteroatoms. The summed E-state index contributed by atoms with van der Waals surface area (Å²) in [6, 6.07) is 10.3. The molecule has 1 atom stereocenters. The third kappa shape index (κ3) is 4.89. The van der Waals surface area contributed by atoms with Gasteiger partial charge in [0.05, 0.1) is 23.0 Å². The summed E-state index contributed by atoms with van der Waals surface area (Å²) >= 11 is 1.56. The smallest absolute Gasteiger partial charge is 0.308 e. The van der Waals surface area contributed by atoms with Crippen LogP contribution in [-0.4, -0.2) is 39.5 Å². The van der Waals surface area contributed by atoms with Gasteiger partial charge in [0.2, 0.25) is 5.91 Å². The molecule has 1 aromatic heterocycles. The topological polar surface area (TPSA) is 70.5 Å². The average Bonchev–Trinajstić information content (AvgIpc) is 3.34. The zero-order valence-corrected chi connectivity index (χ0v) is 15.0. The van der Waals surface area contributed by atoms with Gasteiger partial charge < -0.3 is 10.0 Å². The molecule has 25 heavy (non-hydrogen) atoms. The van der Waals surface area contributed by atoms with E-state index in [0.29, 0.717) is 0 Å². The number of carboxylic acids is 1. The van der Waals surface area contributed by atoms with E-state index in [9.17, 15) is 9.59 Å². The van der Waals surface area contributed by atoms with Crippen LogP contribution in [-0.2, 0) is 22.4 Å². The van der Waals surface area contributed by atoms with Crippen LogP contribution in [0.5, 0.6) is 0 Å². The van der Waals surface area contributed by atoms with Crippen molar-refractivity contribution >= 4 is 23.2 Å². The number of aliphatic carboxylic acids is 1. The summed E-state index contributed by atoms with van der Waals surface area (Å²) in [6.45, 7) is 1.92. The molecule has 0 saturated heterocycles. The summed E-state index contributed by atoms with van der Waals surface area (Å²) in [5.74, 6) is -1.43. The summed E-state index contributed by atoms with van der Waals surface area (Å²) in [7, 11) is 0. The summed E-state index contributed by atoms with van der Waals surface area (Å²) in [6.07, 6.45) is 2.94. The van der Waals surface area contributed by atoms with Crippen LogP contribution in [0.15, 0.2) is 35.7 Å². The second kappa shape index (κ2) is 7.78. The van der Waals surface area contributed by atoms with E-state index in [-0.39, 0.29) is 24.9 Å². The van der Waals surface area contributed by atoms with Gasteiger partial charge in [0.25, 0.3) is 0 Å². The van der Waals surface area contributed by atoms with Gasteiger partial charge in [-0.3, -0.25) is 9.59 Å². The maximum Gasteiger partial charge on any atom is 0.308 e. The van der Waals surface area contributed by atoms with E-state index in [4.69, 9.17) is 5.11 Å². The minimum absolute atomic E-state index is 0.0211. The Morgan fingerprint density at radius 3 is 2.68 bits per heavy atom. The fourth-order valence-corrected chi connectivity index (χ4v) is 3.58. The lowest BCUT2D eigenvalue weighted by atomic mass is 10.1. The van der Waals surface area contributed by atoms with Crippen LogP contribution < -0.4 is 0 Å². The van der Waals surface area contributed by atoms with Crippen LogP contribution in [0.1, 0.15) is 36.0 Å². The van der Waals surface area contributed by atoms with Gasteiger partial charge in [-0.2, -0.15) is 0 Å². The fraction of sp³-hybridized carbons (Fsp3) is 0.421. The highest BCUT2D eigenvalue weighted by Crippen LogP contribution is 2.28. The van der Waals surface area contributed by atoms with Gasteiger partial charge in [-0.25, -0.2) is 4.98 Å². The third-order valence-corrected chi connectivity index (χ3v) is 5.23. The van der Waals surface area contributed by atoms with E-state index in [1.807, 2.05) is 23.6 Å². The van der Waals surface area contributed by atoms with Crippen molar-refractivity contribution in [3.05, 3.63) is 52.0 Å². The number of nitrogens with zero attached hydrogens (tertiary/aromatic N) is 2. The number of carbonyl (C=O) groups is 2. The van der Waals surface area contributed by atoms with Crippen molar-refractivity contribution < 1.29 is 14.7 Å². The first-order chi connectivity index (χ1) is 12.0. The normalized spacial score (nSPS) is 14.9. The predicted molar refractivity (Wildman–Crippen MR) is 96.6 cm³/mol. The number of rotatable bonds is 8. The van der Waals surface area contributed by atoms with Crippen molar-refractivity contribution in [2.75, 3.05) is 6.54 Å². The molecular weight excluding hydrogens is 336 g/mol. The number of carbonyl (C=O) groups excluding carboxylic acids is 1. The number of amides is 1. The Morgan fingerprint density at radius 1 is 1.32 bits per heavy atom. The quantitative estimate of drug-likeness (QED) is 0.787. The lowest BCUT2D eigenvalue weighted by molar-refractivity contribution is -0.143. The van der Waals surface area contributed by atoms with E-state index in [0.717, 1.165) is 30.0 Å². The molecule has 1 fully saturated rings. The Kier molecular flexibility index (Phi) is 5.48. The molecule has 0 spiro atoms. The minimum Gasteiger partial charge on any atom is -0.481 e. The number of carboxylic acid groups (broad SMARTS) is 1. The van der Waals surface area contributed by atoms with Crippen molar-refractivity contribution in [3.63, 3.8) is 0 Å². The first kappa shape index (κ1) is 17.6. The number of hydrogen-bond acceptors (Lipinski definition) is 4. The highest BCUT2D eigenvalue weighted by atomic mass is 32.1. The summed E-state index contributed by atoms with van der Waals surface area (Å²) in [5, 5.41) is 12.0. The molecule has 1 aromatic carbocycles. The van der Waals surface area contributed by atoms with Gasteiger partial charge in [0.1, 0.15) is 0 Å². The van der Waals surface area contributed by atoms with Crippen molar-refractivity contribution in [2.45, 2.75) is 38.6 Å². The largest absolute Gasteiger partial charge is 0.481 e. The van der Waals surface area contributed by atoms with Gasteiger partial charge in [0.15, 0.2) is 0 Å². The van der Waals surface area contributed by atoms with Crippen LogP contribution in [0.2, 0.25) is 0 Å². The molecule has 1 unspecified atom stereocenters. The van der Waals surface area contributed by atoms with Crippen molar-refractivity contribution in [1.82, 2.24) is 9.88 Å². The van der Waals surface area contributed by atoms with Crippen LogP contribution in [0.25, 0.3) is 0 Å². The fourth-order valence-electron chi connectivity index (χ4n) is 2.75. The molecule has 0 bridgehead atoms. The van der Waals surface area contributed by atoms with E-state index >= 15 is 0 Å². The zero-order chi connectivity index (χ0) is 17.8. The first-order valence-electron chi connectivity index (χ1n) is 8.52. The Hall–Kier alpha value is -2.21. The second-order valence-electron chi connectivity index (χ2n) is 6.59. The van der Waals surface area contributed by atoms with E-state index in [1.54, 1.807) is 23.2 Å². The van der Waals surface area contributed by atoms with Crippen LogP contribution in [0.4, 0.5) is 0 Å². The maximum atomic E-state index is 12.6. The molecule has 1 aliphatic rings. The van der Waals surface area contributed by atoms with Crippen LogP contribution >= 0.6 is 11.3 Å². The lowest BCUT2D eigenvalue weighted by Crippen LogP contribution is -2.39. The molecule has 0 aliphatic heterocycles. The van der Waals surface area contributed by atoms with Crippen molar-refractivity contribution in [2.24, 2.45) is 5.92 Å². The molecule has 1 amide bonds. The van der Waals surface area contributed by atoms with E-state index in [2.05, 4.69) is 17.1 Å². The standard InChI is InChI=1S/C19H22N2O3S/c1-13(19(23)24)11-21(16-7-8-16)18(22)10-15-12-25-17(20-15)9-14-5-3-2-4-6-14/h2-6,12-13,16H,7-11H2,1H3,(H,23,24). The molecule has 1 aliphatic carbocycles. The average molecular weight is 358 g/mol. The van der Waals surface area contributed by atoms with Gasteiger partial charge in [-0.15, -0.1) is 11.3 Å². The van der Waals surface area contributed by atoms with Crippen LogP contribution in [0.3, 0.4) is 0 Å². The highest BCUT2D eigenvalue weighted by Gasteiger charge is 2.34. The zero-order valence-electron chi connectivity index (χ0n) is 14.2. The molecule has 1 saturated carbocycles. The molecular formula is C19H22N2O3S. The predicted octanol–water partition coefficient (Wildman–Crippen LogP) is 2.99. The molecule has 5 nitrogen and oxygen atoms in total. The molecule has 2 aromatic rings.